The second-order valence-electron chi connectivity index (χ2n) is 8.86. The van der Waals surface area contributed by atoms with E-state index in [9.17, 15) is 14.4 Å². The highest BCUT2D eigenvalue weighted by molar-refractivity contribution is 5.99. The van der Waals surface area contributed by atoms with Crippen LogP contribution in [0.2, 0.25) is 0 Å². The van der Waals surface area contributed by atoms with Crippen LogP contribution < -0.4 is 16.1 Å². The van der Waals surface area contributed by atoms with Gasteiger partial charge in [-0.3, -0.25) is 14.4 Å². The molecule has 2 N–H and O–H groups in total. The Kier molecular flexibility index (Phi) is 8.62. The molecule has 31 heavy (non-hydrogen) atoms. The number of aromatic nitrogens is 1. The van der Waals surface area contributed by atoms with E-state index in [2.05, 4.69) is 10.6 Å². The minimum absolute atomic E-state index is 0.0529. The molecule has 2 amide bonds. The van der Waals surface area contributed by atoms with Gasteiger partial charge in [0.2, 0.25) is 5.43 Å². The Balaban J connectivity index is 2.30. The molecule has 0 saturated carbocycles. The molecule has 0 aliphatic rings. The predicted octanol–water partition coefficient (Wildman–Crippen LogP) is 2.34. The first-order valence-corrected chi connectivity index (χ1v) is 10.6. The van der Waals surface area contributed by atoms with Crippen LogP contribution in [0.25, 0.3) is 0 Å². The molecular formula is C23H34N4O4. The lowest BCUT2D eigenvalue weighted by atomic mass is 9.93. The molecule has 0 radical (unpaired) electrons. The highest BCUT2D eigenvalue weighted by atomic mass is 16.3. The molecule has 0 spiro atoms. The van der Waals surface area contributed by atoms with Crippen molar-refractivity contribution < 1.29 is 14.0 Å². The Morgan fingerprint density at radius 1 is 1.13 bits per heavy atom. The zero-order valence-electron chi connectivity index (χ0n) is 19.2. The highest BCUT2D eigenvalue weighted by Crippen LogP contribution is 2.14. The number of unbranched alkanes of at least 4 members (excludes halogenated alkanes) is 1. The molecule has 170 valence electrons. The van der Waals surface area contributed by atoms with Crippen LogP contribution in [0.4, 0.5) is 0 Å². The van der Waals surface area contributed by atoms with Gasteiger partial charge in [0.15, 0.2) is 0 Å². The van der Waals surface area contributed by atoms with Crippen molar-refractivity contribution in [2.24, 2.45) is 5.41 Å². The number of hydrogen-bond acceptors (Lipinski definition) is 5. The fraction of sp³-hybridized carbons (Fsp3) is 0.522. The van der Waals surface area contributed by atoms with E-state index >= 15 is 0 Å². The van der Waals surface area contributed by atoms with Gasteiger partial charge >= 0.3 is 0 Å². The van der Waals surface area contributed by atoms with Crippen molar-refractivity contribution in [1.29, 1.82) is 0 Å². The highest BCUT2D eigenvalue weighted by Gasteiger charge is 2.23. The third kappa shape index (κ3) is 7.40. The summed E-state index contributed by atoms with van der Waals surface area (Å²) >= 11 is 0. The van der Waals surface area contributed by atoms with Crippen LogP contribution >= 0.6 is 0 Å². The number of carbonyl (C=O) groups is 2. The molecule has 0 atom stereocenters. The molecule has 0 aliphatic carbocycles. The average molecular weight is 431 g/mol. The van der Waals surface area contributed by atoms with E-state index in [0.29, 0.717) is 25.4 Å². The molecule has 0 unspecified atom stereocenters. The normalized spacial score (nSPS) is 11.5. The van der Waals surface area contributed by atoms with Gasteiger partial charge in [0.05, 0.1) is 12.8 Å². The Hall–Kier alpha value is -2.87. The van der Waals surface area contributed by atoms with Crippen molar-refractivity contribution in [3.8, 4) is 0 Å². The Labute approximate surface area is 183 Å². The minimum atomic E-state index is -0.576. The maximum atomic E-state index is 13.0. The van der Waals surface area contributed by atoms with E-state index in [1.807, 2.05) is 39.8 Å². The molecule has 2 aromatic heterocycles. The van der Waals surface area contributed by atoms with E-state index in [0.717, 1.165) is 19.4 Å². The van der Waals surface area contributed by atoms with Crippen molar-refractivity contribution in [3.05, 3.63) is 57.9 Å². The summed E-state index contributed by atoms with van der Waals surface area (Å²) < 4.78 is 7.01. The van der Waals surface area contributed by atoms with E-state index in [-0.39, 0.29) is 16.5 Å². The lowest BCUT2D eigenvalue weighted by Crippen LogP contribution is -2.42. The molecule has 0 saturated heterocycles. The van der Waals surface area contributed by atoms with Gasteiger partial charge in [-0.25, -0.2) is 0 Å². The summed E-state index contributed by atoms with van der Waals surface area (Å²) in [5.41, 5.74) is -0.868. The maximum Gasteiger partial charge on any atom is 0.256 e. The lowest BCUT2D eigenvalue weighted by molar-refractivity contribution is 0.0927. The van der Waals surface area contributed by atoms with Crippen molar-refractivity contribution >= 4 is 11.8 Å². The molecule has 2 heterocycles. The number of carbonyl (C=O) groups excluding carboxylic acids is 2. The largest absolute Gasteiger partial charge is 0.467 e. The fourth-order valence-electron chi connectivity index (χ4n) is 3.43. The molecule has 0 aliphatic heterocycles. The van der Waals surface area contributed by atoms with Crippen LogP contribution in [-0.2, 0) is 6.54 Å². The summed E-state index contributed by atoms with van der Waals surface area (Å²) in [5, 5.41) is 5.61. The molecule has 0 fully saturated rings. The van der Waals surface area contributed by atoms with Gasteiger partial charge in [0.1, 0.15) is 16.9 Å². The summed E-state index contributed by atoms with van der Waals surface area (Å²) in [6.45, 7) is 8.05. The smallest absolute Gasteiger partial charge is 0.256 e. The lowest BCUT2D eigenvalue weighted by Gasteiger charge is -2.28. The van der Waals surface area contributed by atoms with Gasteiger partial charge in [0.25, 0.3) is 11.8 Å². The topological polar surface area (TPSA) is 96.6 Å². The second-order valence-corrected chi connectivity index (χ2v) is 8.86. The predicted molar refractivity (Wildman–Crippen MR) is 120 cm³/mol. The van der Waals surface area contributed by atoms with Crippen molar-refractivity contribution in [1.82, 2.24) is 20.1 Å². The maximum absolute atomic E-state index is 13.0. The number of pyridine rings is 1. The summed E-state index contributed by atoms with van der Waals surface area (Å²) in [7, 11) is 3.94. The van der Waals surface area contributed by atoms with Crippen LogP contribution in [0, 0.1) is 5.41 Å². The zero-order chi connectivity index (χ0) is 23.0. The number of furan rings is 1. The molecule has 8 heteroatoms. The van der Waals surface area contributed by atoms with E-state index < -0.39 is 17.2 Å². The first-order valence-electron chi connectivity index (χ1n) is 10.6. The van der Waals surface area contributed by atoms with Crippen molar-refractivity contribution in [2.45, 2.75) is 40.2 Å². The average Bonchev–Trinajstić information content (AvgIpc) is 3.19. The van der Waals surface area contributed by atoms with Crippen LogP contribution in [-0.4, -0.2) is 55.0 Å². The quantitative estimate of drug-likeness (QED) is 0.534. The number of rotatable bonds is 11. The number of hydrogen-bond donors (Lipinski definition) is 2. The van der Waals surface area contributed by atoms with Gasteiger partial charge in [-0.2, -0.15) is 0 Å². The van der Waals surface area contributed by atoms with E-state index in [1.165, 1.54) is 12.4 Å². The monoisotopic (exact) mass is 430 g/mol. The van der Waals surface area contributed by atoms with Gasteiger partial charge in [-0.1, -0.05) is 27.2 Å². The molecule has 0 bridgehead atoms. The zero-order valence-corrected chi connectivity index (χ0v) is 19.2. The first-order chi connectivity index (χ1) is 14.6. The van der Waals surface area contributed by atoms with Crippen LogP contribution in [0.3, 0.4) is 0 Å². The number of nitrogens with zero attached hydrogens (tertiary/aromatic N) is 2. The third-order valence-electron chi connectivity index (χ3n) is 4.77. The minimum Gasteiger partial charge on any atom is -0.467 e. The summed E-state index contributed by atoms with van der Waals surface area (Å²) in [5.74, 6) is -0.318. The third-order valence-corrected chi connectivity index (χ3v) is 4.77. The Morgan fingerprint density at radius 3 is 2.32 bits per heavy atom. The van der Waals surface area contributed by atoms with Crippen LogP contribution in [0.1, 0.15) is 60.1 Å². The van der Waals surface area contributed by atoms with E-state index in [4.69, 9.17) is 4.42 Å². The summed E-state index contributed by atoms with van der Waals surface area (Å²) in [4.78, 5) is 40.5. The van der Waals surface area contributed by atoms with Crippen molar-refractivity contribution in [2.75, 3.05) is 33.7 Å². The Morgan fingerprint density at radius 2 is 1.77 bits per heavy atom. The molecule has 0 aromatic carbocycles. The summed E-state index contributed by atoms with van der Waals surface area (Å²) in [6, 6.07) is 3.55. The van der Waals surface area contributed by atoms with Crippen molar-refractivity contribution in [3.63, 3.8) is 0 Å². The number of amides is 2. The second kappa shape index (κ2) is 10.9. The van der Waals surface area contributed by atoms with Gasteiger partial charge in [-0.05, 0) is 38.1 Å². The summed E-state index contributed by atoms with van der Waals surface area (Å²) in [6.07, 6.45) is 6.24. The SMILES string of the molecule is CCCCNC(=O)c1cn(Cc2ccco2)cc(C(=O)NCC(C)(C)CN(C)C)c1=O. The van der Waals surface area contributed by atoms with Crippen LogP contribution in [0.15, 0.2) is 40.0 Å². The molecule has 2 rings (SSSR count). The molecule has 8 nitrogen and oxygen atoms in total. The van der Waals surface area contributed by atoms with Gasteiger partial charge < -0.3 is 24.5 Å². The van der Waals surface area contributed by atoms with Gasteiger partial charge in [-0.15, -0.1) is 0 Å². The first kappa shape index (κ1) is 24.4. The number of nitrogens with one attached hydrogen (secondary N) is 2. The fourth-order valence-corrected chi connectivity index (χ4v) is 3.43. The van der Waals surface area contributed by atoms with Crippen LogP contribution in [0.5, 0.6) is 0 Å². The standard InChI is InChI=1S/C23H34N4O4/c1-6-7-10-24-21(29)18-13-27(12-17-9-8-11-31-17)14-19(20(18)28)22(30)25-15-23(2,3)16-26(4)5/h8-9,11,13-14H,6-7,10,12,15-16H2,1-5H3,(H,24,29)(H,25,30). The molecule has 2 aromatic rings. The Bertz CT molecular complexity index is 930. The van der Waals surface area contributed by atoms with Gasteiger partial charge in [0, 0.05) is 32.0 Å². The molecular weight excluding hydrogens is 396 g/mol. The van der Waals surface area contributed by atoms with E-state index in [1.54, 1.807) is 23.0 Å².